The Morgan fingerprint density at radius 3 is 2.83 bits per heavy atom. The van der Waals surface area contributed by atoms with Crippen LogP contribution in [0.3, 0.4) is 0 Å². The molecule has 2 N–H and O–H groups in total. The van der Waals surface area contributed by atoms with Crippen LogP contribution in [-0.4, -0.2) is 29.1 Å². The fourth-order valence-electron chi connectivity index (χ4n) is 2.79. The van der Waals surface area contributed by atoms with Crippen molar-refractivity contribution in [3.05, 3.63) is 34.3 Å². The van der Waals surface area contributed by atoms with Crippen molar-refractivity contribution in [1.29, 1.82) is 0 Å². The molecule has 3 atom stereocenters. The lowest BCUT2D eigenvalue weighted by Gasteiger charge is -2.27. The average molecular weight is 309 g/mol. The van der Waals surface area contributed by atoms with Gasteiger partial charge in [0.05, 0.1) is 18.2 Å². The zero-order valence-electron chi connectivity index (χ0n) is 10.1. The summed E-state index contributed by atoms with van der Waals surface area (Å²) in [6, 6.07) is 9.07. The van der Waals surface area contributed by atoms with Crippen molar-refractivity contribution in [2.75, 3.05) is 0 Å². The molecule has 0 bridgehead atoms. The molecule has 1 aliphatic carbocycles. The highest BCUT2D eigenvalue weighted by Gasteiger charge is 2.34. The summed E-state index contributed by atoms with van der Waals surface area (Å²) >= 11 is 3.44. The number of aliphatic hydroxyl groups is 1. The summed E-state index contributed by atoms with van der Waals surface area (Å²) in [5.74, 6) is 1.07. The van der Waals surface area contributed by atoms with Crippen LogP contribution < -0.4 is 5.32 Å². The van der Waals surface area contributed by atoms with Gasteiger partial charge in [-0.3, -0.25) is 4.99 Å². The number of amidine groups is 1. The van der Waals surface area contributed by atoms with Crippen molar-refractivity contribution < 1.29 is 5.11 Å². The summed E-state index contributed by atoms with van der Waals surface area (Å²) < 4.78 is 1.10. The first-order valence-electron chi connectivity index (χ1n) is 6.46. The van der Waals surface area contributed by atoms with E-state index in [2.05, 4.69) is 45.5 Å². The van der Waals surface area contributed by atoms with Crippen molar-refractivity contribution in [2.24, 2.45) is 4.99 Å². The van der Waals surface area contributed by atoms with Gasteiger partial charge in [-0.05, 0) is 37.0 Å². The number of nitrogens with one attached hydrogen (secondary N) is 1. The molecule has 0 radical (unpaired) electrons. The molecule has 0 saturated heterocycles. The molecule has 1 aromatic carbocycles. The van der Waals surface area contributed by atoms with Crippen molar-refractivity contribution in [3.63, 3.8) is 0 Å². The third-order valence-corrected chi connectivity index (χ3v) is 4.27. The lowest BCUT2D eigenvalue weighted by molar-refractivity contribution is 0.112. The van der Waals surface area contributed by atoms with Gasteiger partial charge in [0.15, 0.2) is 0 Å². The van der Waals surface area contributed by atoms with Gasteiger partial charge in [0.2, 0.25) is 0 Å². The van der Waals surface area contributed by atoms with Crippen LogP contribution in [0.1, 0.15) is 24.8 Å². The van der Waals surface area contributed by atoms with Gasteiger partial charge in [-0.15, -0.1) is 0 Å². The number of halogens is 1. The Bertz CT molecular complexity index is 457. The second-order valence-electron chi connectivity index (χ2n) is 5.16. The highest BCUT2D eigenvalue weighted by atomic mass is 79.9. The normalized spacial score (nSPS) is 30.6. The fraction of sp³-hybridized carbons (Fsp3) is 0.500. The number of aliphatic hydroxyl groups excluding tert-OH is 1. The highest BCUT2D eigenvalue weighted by molar-refractivity contribution is 9.10. The minimum absolute atomic E-state index is 0.152. The molecule has 96 valence electrons. The minimum Gasteiger partial charge on any atom is -0.393 e. The van der Waals surface area contributed by atoms with Gasteiger partial charge in [0, 0.05) is 10.9 Å². The second kappa shape index (κ2) is 5.02. The largest absolute Gasteiger partial charge is 0.393 e. The zero-order valence-corrected chi connectivity index (χ0v) is 11.7. The summed E-state index contributed by atoms with van der Waals surface area (Å²) in [4.78, 5) is 4.74. The van der Waals surface area contributed by atoms with Crippen LogP contribution in [0.5, 0.6) is 0 Å². The van der Waals surface area contributed by atoms with Crippen molar-refractivity contribution >= 4 is 21.8 Å². The molecule has 3 unspecified atom stereocenters. The number of hydrogen-bond acceptors (Lipinski definition) is 3. The Morgan fingerprint density at radius 1 is 1.28 bits per heavy atom. The van der Waals surface area contributed by atoms with E-state index in [9.17, 15) is 5.11 Å². The summed E-state index contributed by atoms with van der Waals surface area (Å²) in [6.07, 6.45) is 3.43. The van der Waals surface area contributed by atoms with Crippen LogP contribution in [0.25, 0.3) is 0 Å². The van der Waals surface area contributed by atoms with E-state index >= 15 is 0 Å². The van der Waals surface area contributed by atoms with Gasteiger partial charge in [-0.1, -0.05) is 28.1 Å². The molecule has 3 nitrogen and oxygen atoms in total. The molecular formula is C14H17BrN2O. The zero-order chi connectivity index (χ0) is 12.5. The van der Waals surface area contributed by atoms with Crippen molar-refractivity contribution in [1.82, 2.24) is 5.32 Å². The number of aliphatic imine (C=N–C) groups is 1. The average Bonchev–Trinajstić information content (AvgIpc) is 2.73. The molecule has 1 saturated carbocycles. The summed E-state index contributed by atoms with van der Waals surface area (Å²) in [5.41, 5.74) is 1.27. The Kier molecular flexibility index (Phi) is 3.39. The second-order valence-corrected chi connectivity index (χ2v) is 6.08. The third-order valence-electron chi connectivity index (χ3n) is 3.74. The van der Waals surface area contributed by atoms with E-state index in [1.807, 2.05) is 0 Å². The van der Waals surface area contributed by atoms with Gasteiger partial charge < -0.3 is 10.4 Å². The van der Waals surface area contributed by atoms with Gasteiger partial charge in [-0.25, -0.2) is 0 Å². The van der Waals surface area contributed by atoms with Gasteiger partial charge >= 0.3 is 0 Å². The maximum Gasteiger partial charge on any atom is 0.101 e. The Labute approximate surface area is 115 Å². The molecule has 1 fully saturated rings. The van der Waals surface area contributed by atoms with Crippen LogP contribution >= 0.6 is 15.9 Å². The van der Waals surface area contributed by atoms with E-state index < -0.39 is 0 Å². The van der Waals surface area contributed by atoms with Gasteiger partial charge in [0.1, 0.15) is 5.84 Å². The first-order chi connectivity index (χ1) is 8.70. The lowest BCUT2D eigenvalue weighted by Crippen LogP contribution is -2.41. The molecule has 18 heavy (non-hydrogen) atoms. The Balaban J connectivity index is 1.66. The number of nitrogens with zero attached hydrogens (tertiary/aromatic N) is 1. The van der Waals surface area contributed by atoms with E-state index in [0.717, 1.165) is 36.0 Å². The number of benzene rings is 1. The summed E-state index contributed by atoms with van der Waals surface area (Å²) in [7, 11) is 0. The van der Waals surface area contributed by atoms with E-state index in [-0.39, 0.29) is 6.10 Å². The molecule has 1 aromatic rings. The SMILES string of the molecule is OC1CCC2N=C(Cc3ccc(Br)cc3)NC2C1. The molecule has 4 heteroatoms. The third kappa shape index (κ3) is 2.59. The highest BCUT2D eigenvalue weighted by Crippen LogP contribution is 2.25. The van der Waals surface area contributed by atoms with Gasteiger partial charge in [0.25, 0.3) is 0 Å². The molecular weight excluding hydrogens is 292 g/mol. The maximum absolute atomic E-state index is 9.67. The Morgan fingerprint density at radius 2 is 2.06 bits per heavy atom. The van der Waals surface area contributed by atoms with Crippen LogP contribution in [0.4, 0.5) is 0 Å². The standard InChI is InChI=1S/C14H17BrN2O/c15-10-3-1-9(2-4-10)7-14-16-12-6-5-11(18)8-13(12)17-14/h1-4,11-13,18H,5-8H2,(H,16,17). The summed E-state index contributed by atoms with van der Waals surface area (Å²) in [6.45, 7) is 0. The molecule has 0 spiro atoms. The Hall–Kier alpha value is -0.870. The fourth-order valence-corrected chi connectivity index (χ4v) is 3.05. The summed E-state index contributed by atoms with van der Waals surface area (Å²) in [5, 5.41) is 13.1. The topological polar surface area (TPSA) is 44.6 Å². The van der Waals surface area contributed by atoms with Crippen LogP contribution in [0.2, 0.25) is 0 Å². The van der Waals surface area contributed by atoms with Gasteiger partial charge in [-0.2, -0.15) is 0 Å². The molecule has 0 amide bonds. The van der Waals surface area contributed by atoms with Crippen molar-refractivity contribution in [2.45, 2.75) is 43.9 Å². The molecule has 3 rings (SSSR count). The predicted molar refractivity (Wildman–Crippen MR) is 75.9 cm³/mol. The van der Waals surface area contributed by atoms with Crippen LogP contribution in [0.15, 0.2) is 33.7 Å². The minimum atomic E-state index is -0.152. The first-order valence-corrected chi connectivity index (χ1v) is 7.26. The predicted octanol–water partition coefficient (Wildman–Crippen LogP) is 2.28. The van der Waals surface area contributed by atoms with E-state index in [1.165, 1.54) is 5.56 Å². The first kappa shape index (κ1) is 12.2. The number of rotatable bonds is 2. The number of fused-ring (bicyclic) bond motifs is 1. The molecule has 0 aromatic heterocycles. The molecule has 2 aliphatic rings. The van der Waals surface area contributed by atoms with E-state index in [4.69, 9.17) is 4.99 Å². The quantitative estimate of drug-likeness (QED) is 0.880. The monoisotopic (exact) mass is 308 g/mol. The maximum atomic E-state index is 9.67. The lowest BCUT2D eigenvalue weighted by atomic mass is 9.90. The molecule has 1 heterocycles. The smallest absolute Gasteiger partial charge is 0.101 e. The van der Waals surface area contributed by atoms with Crippen LogP contribution in [-0.2, 0) is 6.42 Å². The molecule has 1 aliphatic heterocycles. The van der Waals surface area contributed by atoms with Crippen LogP contribution in [0, 0.1) is 0 Å². The van der Waals surface area contributed by atoms with Crippen molar-refractivity contribution in [3.8, 4) is 0 Å². The van der Waals surface area contributed by atoms with E-state index in [1.54, 1.807) is 0 Å². The number of hydrogen-bond donors (Lipinski definition) is 2. The van der Waals surface area contributed by atoms with E-state index in [0.29, 0.717) is 12.1 Å².